The highest BCUT2D eigenvalue weighted by atomic mass is 16.5. The smallest absolute Gasteiger partial charge is 0.0577 e. The van der Waals surface area contributed by atoms with Crippen LogP contribution >= 0.6 is 0 Å². The van der Waals surface area contributed by atoms with Crippen molar-refractivity contribution in [2.24, 2.45) is 34.5 Å². The lowest BCUT2D eigenvalue weighted by Crippen LogP contribution is -2.50. The standard InChI is InChI=1S/C26H44O3/c1-25-15-12-24-22(9-7-19-17-21(28)11-14-26(19,24)2)23(25)10-8-18(25)5-4-6-20(27)13-16-29-3/h7,18,20-24,27-28H,4-6,8-17H2,1-3H3/t18-,20?,21?,22?,23?,24?,25?,26?/m0/s1. The summed E-state index contributed by atoms with van der Waals surface area (Å²) in [7, 11) is 1.71. The normalized spacial score (nSPS) is 45.1. The fourth-order valence-corrected chi connectivity index (χ4v) is 8.22. The summed E-state index contributed by atoms with van der Waals surface area (Å²) in [5.41, 5.74) is 2.45. The highest BCUT2D eigenvalue weighted by Crippen LogP contribution is 2.66. The Balaban J connectivity index is 1.40. The van der Waals surface area contributed by atoms with Gasteiger partial charge in [-0.1, -0.05) is 31.9 Å². The van der Waals surface area contributed by atoms with Gasteiger partial charge < -0.3 is 14.9 Å². The number of ether oxygens (including phenoxy) is 1. The first kappa shape index (κ1) is 21.8. The van der Waals surface area contributed by atoms with Crippen molar-refractivity contribution in [3.05, 3.63) is 11.6 Å². The molecular weight excluding hydrogens is 360 g/mol. The fraction of sp³-hybridized carbons (Fsp3) is 0.923. The Kier molecular flexibility index (Phi) is 6.50. The molecule has 166 valence electrons. The number of rotatable bonds is 7. The molecule has 29 heavy (non-hydrogen) atoms. The number of hydrogen-bond donors (Lipinski definition) is 2. The molecule has 3 heteroatoms. The molecule has 0 aromatic carbocycles. The summed E-state index contributed by atoms with van der Waals surface area (Å²) in [6.07, 6.45) is 16.3. The predicted octanol–water partition coefficient (Wildman–Crippen LogP) is 5.49. The van der Waals surface area contributed by atoms with Crippen LogP contribution in [0.25, 0.3) is 0 Å². The molecule has 7 unspecified atom stereocenters. The number of fused-ring (bicyclic) bond motifs is 5. The molecular formula is C26H44O3. The van der Waals surface area contributed by atoms with Crippen LogP contribution < -0.4 is 0 Å². The molecule has 0 saturated heterocycles. The third-order valence-corrected chi connectivity index (χ3v) is 10.0. The molecule has 3 saturated carbocycles. The summed E-state index contributed by atoms with van der Waals surface area (Å²) in [6.45, 7) is 5.80. The van der Waals surface area contributed by atoms with Crippen LogP contribution in [-0.2, 0) is 4.74 Å². The molecule has 4 aliphatic carbocycles. The summed E-state index contributed by atoms with van der Waals surface area (Å²) >= 11 is 0. The van der Waals surface area contributed by atoms with Crippen LogP contribution in [0.5, 0.6) is 0 Å². The fourth-order valence-electron chi connectivity index (χ4n) is 8.22. The number of methoxy groups -OCH3 is 1. The highest BCUT2D eigenvalue weighted by Gasteiger charge is 2.58. The van der Waals surface area contributed by atoms with Crippen LogP contribution in [-0.4, -0.2) is 36.1 Å². The second-order valence-electron chi connectivity index (χ2n) is 11.3. The van der Waals surface area contributed by atoms with E-state index in [-0.39, 0.29) is 12.2 Å². The first-order valence-electron chi connectivity index (χ1n) is 12.4. The molecule has 0 radical (unpaired) electrons. The minimum absolute atomic E-state index is 0.102. The first-order chi connectivity index (χ1) is 13.9. The third-order valence-electron chi connectivity index (χ3n) is 10.0. The van der Waals surface area contributed by atoms with Crippen molar-refractivity contribution in [2.45, 2.75) is 103 Å². The summed E-state index contributed by atoms with van der Waals surface area (Å²) in [4.78, 5) is 0. The van der Waals surface area contributed by atoms with E-state index in [1.807, 2.05) is 0 Å². The van der Waals surface area contributed by atoms with Gasteiger partial charge in [0.25, 0.3) is 0 Å². The SMILES string of the molecule is COCCC(O)CCC[C@H]1CCC2C3CC=C4CC(O)CCC4(C)C3CCC21C. The third kappa shape index (κ3) is 3.96. The van der Waals surface area contributed by atoms with E-state index in [1.54, 1.807) is 12.7 Å². The average molecular weight is 405 g/mol. The van der Waals surface area contributed by atoms with E-state index in [0.29, 0.717) is 17.4 Å². The number of allylic oxidation sites excluding steroid dienone is 1. The molecule has 0 amide bonds. The molecule has 0 spiro atoms. The van der Waals surface area contributed by atoms with Crippen molar-refractivity contribution in [3.8, 4) is 0 Å². The predicted molar refractivity (Wildman–Crippen MR) is 118 cm³/mol. The molecule has 4 aliphatic rings. The quantitative estimate of drug-likeness (QED) is 0.551. The first-order valence-corrected chi connectivity index (χ1v) is 12.4. The Hall–Kier alpha value is -0.380. The van der Waals surface area contributed by atoms with Crippen LogP contribution in [0.3, 0.4) is 0 Å². The number of hydrogen-bond acceptors (Lipinski definition) is 3. The van der Waals surface area contributed by atoms with E-state index in [1.165, 1.54) is 44.9 Å². The molecule has 0 heterocycles. The van der Waals surface area contributed by atoms with Gasteiger partial charge in [0.2, 0.25) is 0 Å². The Labute approximate surface area is 178 Å². The van der Waals surface area contributed by atoms with E-state index >= 15 is 0 Å². The van der Waals surface area contributed by atoms with Gasteiger partial charge in [0.15, 0.2) is 0 Å². The Morgan fingerprint density at radius 2 is 1.93 bits per heavy atom. The van der Waals surface area contributed by atoms with Crippen molar-refractivity contribution in [3.63, 3.8) is 0 Å². The van der Waals surface area contributed by atoms with Gasteiger partial charge in [-0.3, -0.25) is 0 Å². The molecule has 8 atom stereocenters. The van der Waals surface area contributed by atoms with Crippen molar-refractivity contribution in [2.75, 3.05) is 13.7 Å². The molecule has 0 aliphatic heterocycles. The molecule has 0 bridgehead atoms. The van der Waals surface area contributed by atoms with Gasteiger partial charge >= 0.3 is 0 Å². The maximum Gasteiger partial charge on any atom is 0.0577 e. The minimum atomic E-state index is -0.195. The van der Waals surface area contributed by atoms with E-state index in [9.17, 15) is 10.2 Å². The van der Waals surface area contributed by atoms with Gasteiger partial charge in [-0.25, -0.2) is 0 Å². The van der Waals surface area contributed by atoms with Crippen LogP contribution in [0.1, 0.15) is 90.9 Å². The van der Waals surface area contributed by atoms with Gasteiger partial charge in [0.05, 0.1) is 12.2 Å². The second kappa shape index (κ2) is 8.63. The van der Waals surface area contributed by atoms with Crippen molar-refractivity contribution < 1.29 is 14.9 Å². The van der Waals surface area contributed by atoms with Gasteiger partial charge in [0.1, 0.15) is 0 Å². The monoisotopic (exact) mass is 404 g/mol. The van der Waals surface area contributed by atoms with Gasteiger partial charge in [0, 0.05) is 13.7 Å². The topological polar surface area (TPSA) is 49.7 Å². The summed E-state index contributed by atoms with van der Waals surface area (Å²) < 4.78 is 5.10. The molecule has 4 rings (SSSR count). The maximum atomic E-state index is 10.2. The largest absolute Gasteiger partial charge is 0.393 e. The lowest BCUT2D eigenvalue weighted by molar-refractivity contribution is -0.0511. The molecule has 3 fully saturated rings. The van der Waals surface area contributed by atoms with Crippen LogP contribution in [0, 0.1) is 34.5 Å². The zero-order valence-corrected chi connectivity index (χ0v) is 19.0. The van der Waals surface area contributed by atoms with Gasteiger partial charge in [-0.05, 0) is 105 Å². The van der Waals surface area contributed by atoms with Crippen LogP contribution in [0.2, 0.25) is 0 Å². The summed E-state index contributed by atoms with van der Waals surface area (Å²) in [5, 5.41) is 20.3. The lowest BCUT2D eigenvalue weighted by Gasteiger charge is -2.58. The number of aliphatic hydroxyl groups is 2. The zero-order chi connectivity index (χ0) is 20.6. The van der Waals surface area contributed by atoms with E-state index in [0.717, 1.165) is 55.8 Å². The van der Waals surface area contributed by atoms with Crippen molar-refractivity contribution >= 4 is 0 Å². The van der Waals surface area contributed by atoms with E-state index < -0.39 is 0 Å². The summed E-state index contributed by atoms with van der Waals surface area (Å²) in [5.74, 6) is 3.42. The minimum Gasteiger partial charge on any atom is -0.393 e. The average Bonchev–Trinajstić information content (AvgIpc) is 3.03. The van der Waals surface area contributed by atoms with Crippen LogP contribution in [0.4, 0.5) is 0 Å². The van der Waals surface area contributed by atoms with Crippen molar-refractivity contribution in [1.29, 1.82) is 0 Å². The second-order valence-corrected chi connectivity index (χ2v) is 11.3. The molecule has 0 aromatic heterocycles. The molecule has 2 N–H and O–H groups in total. The van der Waals surface area contributed by atoms with E-state index in [2.05, 4.69) is 19.9 Å². The zero-order valence-electron chi connectivity index (χ0n) is 19.0. The molecule has 3 nitrogen and oxygen atoms in total. The highest BCUT2D eigenvalue weighted by molar-refractivity contribution is 5.25. The lowest BCUT2D eigenvalue weighted by atomic mass is 9.47. The summed E-state index contributed by atoms with van der Waals surface area (Å²) in [6, 6.07) is 0. The maximum absolute atomic E-state index is 10.2. The number of aliphatic hydroxyl groups excluding tert-OH is 2. The van der Waals surface area contributed by atoms with Gasteiger partial charge in [-0.2, -0.15) is 0 Å². The van der Waals surface area contributed by atoms with Crippen LogP contribution in [0.15, 0.2) is 11.6 Å². The van der Waals surface area contributed by atoms with E-state index in [4.69, 9.17) is 4.74 Å². The molecule has 0 aromatic rings. The Morgan fingerprint density at radius 1 is 1.10 bits per heavy atom. The van der Waals surface area contributed by atoms with Crippen molar-refractivity contribution in [1.82, 2.24) is 0 Å². The Morgan fingerprint density at radius 3 is 2.72 bits per heavy atom. The van der Waals surface area contributed by atoms with Gasteiger partial charge in [-0.15, -0.1) is 0 Å². The Bertz CT molecular complexity index is 601.